The van der Waals surface area contributed by atoms with Crippen LogP contribution in [-0.2, 0) is 0 Å². The van der Waals surface area contributed by atoms with Gasteiger partial charge in [0.15, 0.2) is 0 Å². The van der Waals surface area contributed by atoms with Crippen molar-refractivity contribution in [2.45, 2.75) is 6.92 Å². The molecule has 0 aliphatic heterocycles. The first-order chi connectivity index (χ1) is 7.13. The zero-order valence-electron chi connectivity index (χ0n) is 8.64. The molecule has 1 rings (SSSR count). The van der Waals surface area contributed by atoms with Crippen LogP contribution in [0.3, 0.4) is 0 Å². The molecule has 0 saturated carbocycles. The molecule has 3 nitrogen and oxygen atoms in total. The largest absolute Gasteiger partial charge is 0.493 e. The third-order valence-electron chi connectivity index (χ3n) is 1.96. The monoisotopic (exact) mass is 225 g/mol. The number of ether oxygens (including phenoxy) is 1. The zero-order chi connectivity index (χ0) is 11.3. The van der Waals surface area contributed by atoms with Crippen molar-refractivity contribution in [2.24, 2.45) is 11.7 Å². The van der Waals surface area contributed by atoms with Crippen LogP contribution in [0.5, 0.6) is 5.75 Å². The highest BCUT2D eigenvalue weighted by molar-refractivity contribution is 7.80. The van der Waals surface area contributed by atoms with Crippen LogP contribution in [0.25, 0.3) is 0 Å². The number of rotatable bonds is 5. The Kier molecular flexibility index (Phi) is 4.52. The number of hydrogen-bond acceptors (Lipinski definition) is 3. The zero-order valence-corrected chi connectivity index (χ0v) is 9.46. The van der Waals surface area contributed by atoms with Gasteiger partial charge in [-0.1, -0.05) is 31.3 Å². The quantitative estimate of drug-likeness (QED) is 0.742. The maximum absolute atomic E-state index is 8.83. The molecule has 0 aliphatic carbocycles. The fraction of sp³-hybridized carbons (Fsp3) is 0.364. The first-order valence-electron chi connectivity index (χ1n) is 4.77. The van der Waals surface area contributed by atoms with Crippen molar-refractivity contribution < 1.29 is 9.84 Å². The van der Waals surface area contributed by atoms with E-state index in [1.165, 1.54) is 0 Å². The molecule has 0 aliphatic rings. The van der Waals surface area contributed by atoms with Gasteiger partial charge in [0.25, 0.3) is 0 Å². The van der Waals surface area contributed by atoms with E-state index in [4.69, 9.17) is 27.8 Å². The standard InChI is InChI=1S/C11H15NO2S/c1-8(6-13)7-14-10-4-2-3-9(5-10)11(12)15/h2-5,8,13H,6-7H2,1H3,(H2,12,15). The molecule has 0 spiro atoms. The van der Waals surface area contributed by atoms with Crippen molar-refractivity contribution in [3.8, 4) is 5.75 Å². The van der Waals surface area contributed by atoms with E-state index in [-0.39, 0.29) is 12.5 Å². The third-order valence-corrected chi connectivity index (χ3v) is 2.20. The predicted octanol–water partition coefficient (Wildman–Crippen LogP) is 1.33. The summed E-state index contributed by atoms with van der Waals surface area (Å²) in [5.74, 6) is 0.846. The first-order valence-corrected chi connectivity index (χ1v) is 5.18. The van der Waals surface area contributed by atoms with Crippen LogP contribution in [-0.4, -0.2) is 23.3 Å². The van der Waals surface area contributed by atoms with Crippen LogP contribution in [0.2, 0.25) is 0 Å². The van der Waals surface area contributed by atoms with Crippen molar-refractivity contribution in [1.29, 1.82) is 0 Å². The van der Waals surface area contributed by atoms with Crippen molar-refractivity contribution in [1.82, 2.24) is 0 Å². The highest BCUT2D eigenvalue weighted by Crippen LogP contribution is 2.14. The number of benzene rings is 1. The summed E-state index contributed by atoms with van der Waals surface area (Å²) in [6.07, 6.45) is 0. The van der Waals surface area contributed by atoms with Gasteiger partial charge >= 0.3 is 0 Å². The van der Waals surface area contributed by atoms with Crippen LogP contribution in [0.15, 0.2) is 24.3 Å². The van der Waals surface area contributed by atoms with Gasteiger partial charge in [-0.05, 0) is 12.1 Å². The predicted molar refractivity (Wildman–Crippen MR) is 64.1 cm³/mol. The maximum atomic E-state index is 8.83. The minimum Gasteiger partial charge on any atom is -0.493 e. The van der Waals surface area contributed by atoms with Gasteiger partial charge in [0.05, 0.1) is 6.61 Å². The van der Waals surface area contributed by atoms with Crippen LogP contribution < -0.4 is 10.5 Å². The molecule has 1 aromatic rings. The highest BCUT2D eigenvalue weighted by atomic mass is 32.1. The summed E-state index contributed by atoms with van der Waals surface area (Å²) in [6, 6.07) is 7.32. The van der Waals surface area contributed by atoms with Crippen molar-refractivity contribution >= 4 is 17.2 Å². The molecule has 1 atom stereocenters. The third kappa shape index (κ3) is 3.85. The Labute approximate surface area is 94.9 Å². The summed E-state index contributed by atoms with van der Waals surface area (Å²) < 4.78 is 5.47. The molecule has 15 heavy (non-hydrogen) atoms. The lowest BCUT2D eigenvalue weighted by atomic mass is 10.2. The average molecular weight is 225 g/mol. The summed E-state index contributed by atoms with van der Waals surface area (Å²) in [7, 11) is 0. The summed E-state index contributed by atoms with van der Waals surface area (Å²) in [4.78, 5) is 0.357. The van der Waals surface area contributed by atoms with Crippen molar-refractivity contribution in [3.63, 3.8) is 0 Å². The van der Waals surface area contributed by atoms with Crippen molar-refractivity contribution in [3.05, 3.63) is 29.8 Å². The second kappa shape index (κ2) is 5.68. The smallest absolute Gasteiger partial charge is 0.120 e. The summed E-state index contributed by atoms with van der Waals surface area (Å²) in [5.41, 5.74) is 6.29. The molecule has 0 aromatic heterocycles. The van der Waals surface area contributed by atoms with E-state index in [9.17, 15) is 0 Å². The Morgan fingerprint density at radius 2 is 2.33 bits per heavy atom. The minimum atomic E-state index is 0.120. The molecule has 0 bridgehead atoms. The summed E-state index contributed by atoms with van der Waals surface area (Å²) in [6.45, 7) is 2.52. The molecule has 4 heteroatoms. The molecule has 3 N–H and O–H groups in total. The number of nitrogens with two attached hydrogens (primary N) is 1. The van der Waals surface area contributed by atoms with Gasteiger partial charge in [-0.15, -0.1) is 0 Å². The lowest BCUT2D eigenvalue weighted by Crippen LogP contribution is -2.13. The van der Waals surface area contributed by atoms with Gasteiger partial charge in [0.1, 0.15) is 10.7 Å². The Balaban J connectivity index is 2.62. The minimum absolute atomic E-state index is 0.120. The van der Waals surface area contributed by atoms with E-state index >= 15 is 0 Å². The van der Waals surface area contributed by atoms with E-state index in [0.717, 1.165) is 11.3 Å². The van der Waals surface area contributed by atoms with Gasteiger partial charge in [-0.2, -0.15) is 0 Å². The fourth-order valence-corrected chi connectivity index (χ4v) is 1.16. The second-order valence-corrected chi connectivity index (χ2v) is 3.93. The molecule has 0 amide bonds. The SMILES string of the molecule is CC(CO)COc1cccc(C(N)=S)c1. The Hall–Kier alpha value is -1.13. The molecule has 0 heterocycles. The maximum Gasteiger partial charge on any atom is 0.120 e. The lowest BCUT2D eigenvalue weighted by molar-refractivity contribution is 0.174. The van der Waals surface area contributed by atoms with Crippen LogP contribution >= 0.6 is 12.2 Å². The Morgan fingerprint density at radius 3 is 2.93 bits per heavy atom. The fourth-order valence-electron chi connectivity index (χ4n) is 1.03. The van der Waals surface area contributed by atoms with E-state index < -0.39 is 0 Å². The first kappa shape index (κ1) is 11.9. The van der Waals surface area contributed by atoms with E-state index in [2.05, 4.69) is 0 Å². The average Bonchev–Trinajstić information content (AvgIpc) is 2.26. The Bertz CT molecular complexity index is 341. The van der Waals surface area contributed by atoms with E-state index in [1.807, 2.05) is 25.1 Å². The van der Waals surface area contributed by atoms with E-state index in [0.29, 0.717) is 11.6 Å². The van der Waals surface area contributed by atoms with Gasteiger partial charge in [-0.25, -0.2) is 0 Å². The van der Waals surface area contributed by atoms with Crippen LogP contribution in [0.1, 0.15) is 12.5 Å². The molecular weight excluding hydrogens is 210 g/mol. The summed E-state index contributed by atoms with van der Waals surface area (Å²) >= 11 is 4.86. The van der Waals surface area contributed by atoms with Crippen LogP contribution in [0.4, 0.5) is 0 Å². The number of hydrogen-bond donors (Lipinski definition) is 2. The number of thiocarbonyl (C=S) groups is 1. The highest BCUT2D eigenvalue weighted by Gasteiger charge is 2.02. The van der Waals surface area contributed by atoms with Crippen LogP contribution in [0, 0.1) is 5.92 Å². The van der Waals surface area contributed by atoms with Crippen molar-refractivity contribution in [2.75, 3.05) is 13.2 Å². The van der Waals surface area contributed by atoms with Gasteiger partial charge in [0, 0.05) is 18.1 Å². The normalized spacial score (nSPS) is 12.1. The molecule has 82 valence electrons. The number of aliphatic hydroxyl groups excluding tert-OH is 1. The molecule has 0 radical (unpaired) electrons. The van der Waals surface area contributed by atoms with Gasteiger partial charge in [0.2, 0.25) is 0 Å². The topological polar surface area (TPSA) is 55.5 Å². The molecule has 0 fully saturated rings. The van der Waals surface area contributed by atoms with Gasteiger partial charge < -0.3 is 15.6 Å². The molecule has 1 unspecified atom stereocenters. The van der Waals surface area contributed by atoms with E-state index in [1.54, 1.807) is 6.07 Å². The molecular formula is C11H15NO2S. The molecule has 1 aromatic carbocycles. The number of aliphatic hydroxyl groups is 1. The molecule has 0 saturated heterocycles. The Morgan fingerprint density at radius 1 is 1.60 bits per heavy atom. The lowest BCUT2D eigenvalue weighted by Gasteiger charge is -2.11. The van der Waals surface area contributed by atoms with Gasteiger partial charge in [-0.3, -0.25) is 0 Å². The summed E-state index contributed by atoms with van der Waals surface area (Å²) in [5, 5.41) is 8.83. The second-order valence-electron chi connectivity index (χ2n) is 3.49.